The van der Waals surface area contributed by atoms with E-state index < -0.39 is 11.9 Å². The van der Waals surface area contributed by atoms with Gasteiger partial charge in [-0.2, -0.15) is 0 Å². The smallest absolute Gasteiger partial charge is 0.297 e. The number of hydrogen-bond acceptors (Lipinski definition) is 7. The topological polar surface area (TPSA) is 85.5 Å². The van der Waals surface area contributed by atoms with Gasteiger partial charge >= 0.3 is 0 Å². The fourth-order valence-electron chi connectivity index (χ4n) is 4.18. The Balaban J connectivity index is 1.77. The average molecular weight is 462 g/mol. The average Bonchev–Trinajstić information content (AvgIpc) is 3.42. The first-order chi connectivity index (χ1) is 16.0. The second-order valence-electron chi connectivity index (χ2n) is 7.77. The second kappa shape index (κ2) is 8.44. The highest BCUT2D eigenvalue weighted by molar-refractivity contribution is 7.15. The molecule has 0 radical (unpaired) electrons. The van der Waals surface area contributed by atoms with E-state index in [2.05, 4.69) is 10.2 Å². The van der Waals surface area contributed by atoms with Gasteiger partial charge in [-0.3, -0.25) is 14.5 Å². The van der Waals surface area contributed by atoms with Crippen LogP contribution in [0.4, 0.5) is 5.13 Å². The zero-order valence-corrected chi connectivity index (χ0v) is 19.4. The fraction of sp³-hybridized carbons (Fsp3) is 0.280. The summed E-state index contributed by atoms with van der Waals surface area (Å²) in [7, 11) is 0. The van der Waals surface area contributed by atoms with Gasteiger partial charge in [-0.25, -0.2) is 0 Å². The Kier molecular flexibility index (Phi) is 5.46. The Morgan fingerprint density at radius 1 is 1.06 bits per heavy atom. The molecular weight excluding hydrogens is 438 g/mol. The largest absolute Gasteiger partial charge is 0.494 e. The number of aryl methyl sites for hydroxylation is 2. The molecule has 1 aliphatic rings. The normalized spacial score (nSPS) is 15.3. The van der Waals surface area contributed by atoms with Crippen LogP contribution in [-0.2, 0) is 12.8 Å². The van der Waals surface area contributed by atoms with E-state index in [-0.39, 0.29) is 11.2 Å². The molecule has 1 unspecified atom stereocenters. The molecule has 7 nitrogen and oxygen atoms in total. The summed E-state index contributed by atoms with van der Waals surface area (Å²) in [4.78, 5) is 28.9. The third-order valence-electron chi connectivity index (χ3n) is 5.79. The molecule has 0 aliphatic carbocycles. The second-order valence-corrected chi connectivity index (χ2v) is 8.81. The lowest BCUT2D eigenvalue weighted by Crippen LogP contribution is -2.29. The van der Waals surface area contributed by atoms with Crippen molar-refractivity contribution in [2.45, 2.75) is 39.7 Å². The number of nitrogens with zero attached hydrogens (tertiary/aromatic N) is 3. The van der Waals surface area contributed by atoms with Crippen LogP contribution in [0.3, 0.4) is 0 Å². The maximum atomic E-state index is 13.8. The molecule has 168 valence electrons. The summed E-state index contributed by atoms with van der Waals surface area (Å²) in [5.41, 5.74) is 2.30. The van der Waals surface area contributed by atoms with Crippen molar-refractivity contribution in [1.29, 1.82) is 0 Å². The summed E-state index contributed by atoms with van der Waals surface area (Å²) >= 11 is 1.34. The number of aromatic nitrogens is 2. The van der Waals surface area contributed by atoms with Crippen LogP contribution >= 0.6 is 11.3 Å². The molecule has 0 spiro atoms. The van der Waals surface area contributed by atoms with Crippen molar-refractivity contribution in [3.05, 3.63) is 80.1 Å². The number of amides is 1. The predicted octanol–water partition coefficient (Wildman–Crippen LogP) is 4.92. The van der Waals surface area contributed by atoms with Gasteiger partial charge in [0.05, 0.1) is 23.6 Å². The van der Waals surface area contributed by atoms with Gasteiger partial charge in [0.25, 0.3) is 5.91 Å². The quantitative estimate of drug-likeness (QED) is 0.405. The number of ether oxygens (including phenoxy) is 1. The minimum Gasteiger partial charge on any atom is -0.494 e. The Labute approximate surface area is 194 Å². The van der Waals surface area contributed by atoms with Crippen LogP contribution in [0.2, 0.25) is 0 Å². The van der Waals surface area contributed by atoms with Crippen LogP contribution in [0.1, 0.15) is 59.1 Å². The number of fused-ring (bicyclic) bond motifs is 2. The lowest BCUT2D eigenvalue weighted by molar-refractivity contribution is 0.0970. The van der Waals surface area contributed by atoms with Crippen molar-refractivity contribution in [3.8, 4) is 5.75 Å². The zero-order valence-electron chi connectivity index (χ0n) is 18.6. The van der Waals surface area contributed by atoms with Crippen molar-refractivity contribution < 1.29 is 13.9 Å². The van der Waals surface area contributed by atoms with Gasteiger partial charge in [0.15, 0.2) is 5.43 Å². The summed E-state index contributed by atoms with van der Waals surface area (Å²) in [6.45, 7) is 6.43. The molecule has 3 heterocycles. The number of benzene rings is 2. The van der Waals surface area contributed by atoms with Crippen molar-refractivity contribution >= 4 is 33.3 Å². The van der Waals surface area contributed by atoms with Gasteiger partial charge in [-0.1, -0.05) is 43.4 Å². The van der Waals surface area contributed by atoms with Gasteiger partial charge in [-0.15, -0.1) is 10.2 Å². The first-order valence-electron chi connectivity index (χ1n) is 11.0. The maximum Gasteiger partial charge on any atom is 0.297 e. The number of hydrogen-bond donors (Lipinski definition) is 0. The van der Waals surface area contributed by atoms with Crippen molar-refractivity contribution in [2.75, 3.05) is 11.5 Å². The molecule has 8 heteroatoms. The highest BCUT2D eigenvalue weighted by Crippen LogP contribution is 2.42. The fourth-order valence-corrected chi connectivity index (χ4v) is 4.98. The third kappa shape index (κ3) is 3.51. The molecule has 2 aromatic heterocycles. The summed E-state index contributed by atoms with van der Waals surface area (Å²) in [5, 5.41) is 10.2. The van der Waals surface area contributed by atoms with E-state index >= 15 is 0 Å². The summed E-state index contributed by atoms with van der Waals surface area (Å²) in [6, 6.07) is 12.3. The SMILES string of the molecule is CCOc1cccc(C2c3c(oc4ccc(CC)cc4c3=O)C(=O)N2c2nnc(CC)s2)c1. The molecule has 1 aliphatic heterocycles. The van der Waals surface area contributed by atoms with Crippen LogP contribution in [0.5, 0.6) is 5.75 Å². The van der Waals surface area contributed by atoms with Gasteiger partial charge in [-0.05, 0) is 55.2 Å². The van der Waals surface area contributed by atoms with Crippen LogP contribution in [0.25, 0.3) is 11.0 Å². The summed E-state index contributed by atoms with van der Waals surface area (Å²) in [6.07, 6.45) is 1.50. The maximum absolute atomic E-state index is 13.8. The number of rotatable bonds is 6. The standard InChI is InChI=1S/C25H23N3O4S/c1-4-14-10-11-18-17(12-14)22(29)20-21(15-8-7-9-16(13-15)31-6-3)28(24(30)23(20)32-18)25-27-26-19(5-2)33-25/h7-13,21H,4-6H2,1-3H3. The molecule has 33 heavy (non-hydrogen) atoms. The van der Waals surface area contributed by atoms with E-state index in [1.165, 1.54) is 16.2 Å². The monoisotopic (exact) mass is 461 g/mol. The van der Waals surface area contributed by atoms with E-state index in [0.29, 0.717) is 40.4 Å². The highest BCUT2D eigenvalue weighted by Gasteiger charge is 2.45. The summed E-state index contributed by atoms with van der Waals surface area (Å²) < 4.78 is 11.7. The Morgan fingerprint density at radius 3 is 2.64 bits per heavy atom. The predicted molar refractivity (Wildman–Crippen MR) is 127 cm³/mol. The number of anilines is 1. The zero-order chi connectivity index (χ0) is 23.1. The van der Waals surface area contributed by atoms with Crippen LogP contribution in [-0.4, -0.2) is 22.7 Å². The van der Waals surface area contributed by atoms with Gasteiger partial charge in [0, 0.05) is 0 Å². The Bertz CT molecular complexity index is 1420. The molecule has 0 saturated heterocycles. The van der Waals surface area contributed by atoms with Crippen LogP contribution < -0.4 is 15.1 Å². The molecule has 5 rings (SSSR count). The van der Waals surface area contributed by atoms with Crippen molar-refractivity contribution in [1.82, 2.24) is 10.2 Å². The molecule has 1 atom stereocenters. The molecule has 2 aromatic carbocycles. The molecule has 4 aromatic rings. The lowest BCUT2D eigenvalue weighted by atomic mass is 9.98. The summed E-state index contributed by atoms with van der Waals surface area (Å²) in [5.74, 6) is 0.326. The Hall–Kier alpha value is -3.52. The third-order valence-corrected chi connectivity index (χ3v) is 6.86. The molecule has 0 bridgehead atoms. The first-order valence-corrected chi connectivity index (χ1v) is 11.9. The van der Waals surface area contributed by atoms with Crippen molar-refractivity contribution in [3.63, 3.8) is 0 Å². The minimum atomic E-state index is -0.684. The molecule has 0 saturated carbocycles. The van der Waals surface area contributed by atoms with Gasteiger partial charge in [0.2, 0.25) is 10.9 Å². The number of carbonyl (C=O) groups excluding carboxylic acids is 1. The van der Waals surface area contributed by atoms with E-state index in [1.54, 1.807) is 6.07 Å². The molecule has 0 N–H and O–H groups in total. The first kappa shape index (κ1) is 21.3. The molecular formula is C25H23N3O4S. The number of carbonyl (C=O) groups is 1. The van der Waals surface area contributed by atoms with E-state index in [9.17, 15) is 9.59 Å². The van der Waals surface area contributed by atoms with Gasteiger partial charge < -0.3 is 9.15 Å². The van der Waals surface area contributed by atoms with Gasteiger partial charge in [0.1, 0.15) is 16.3 Å². The van der Waals surface area contributed by atoms with E-state index in [4.69, 9.17) is 9.15 Å². The Morgan fingerprint density at radius 2 is 1.91 bits per heavy atom. The van der Waals surface area contributed by atoms with Crippen LogP contribution in [0.15, 0.2) is 51.7 Å². The van der Waals surface area contributed by atoms with Crippen molar-refractivity contribution in [2.24, 2.45) is 0 Å². The van der Waals surface area contributed by atoms with E-state index in [1.807, 2.05) is 57.2 Å². The molecule has 1 amide bonds. The molecule has 0 fully saturated rings. The van der Waals surface area contributed by atoms with Crippen LogP contribution in [0, 0.1) is 0 Å². The minimum absolute atomic E-state index is 0.0526. The lowest BCUT2D eigenvalue weighted by Gasteiger charge is -2.22. The van der Waals surface area contributed by atoms with E-state index in [0.717, 1.165) is 22.6 Å². The highest BCUT2D eigenvalue weighted by atomic mass is 32.1.